The molecule has 1 heterocycles. The predicted octanol–water partition coefficient (Wildman–Crippen LogP) is 3.37. The number of amides is 2. The normalized spacial score (nSPS) is 13.7. The van der Waals surface area contributed by atoms with Crippen molar-refractivity contribution in [2.45, 2.75) is 19.5 Å². The summed E-state index contributed by atoms with van der Waals surface area (Å²) >= 11 is 0. The lowest BCUT2D eigenvalue weighted by atomic mass is 10.1. The standard InChI is InChI=1S/C20H24N2O4/c1-14(16-7-8-18-19(12-16)26-10-9-25-18)21-20(23)22(2)13-15-5-4-6-17(11-15)24-3/h4-8,11-12,14H,9-10,13H2,1-3H3,(H,21,23). The van der Waals surface area contributed by atoms with Crippen molar-refractivity contribution >= 4 is 6.03 Å². The first-order valence-corrected chi connectivity index (χ1v) is 8.61. The zero-order valence-electron chi connectivity index (χ0n) is 15.3. The molecule has 3 rings (SSSR count). The van der Waals surface area contributed by atoms with Gasteiger partial charge >= 0.3 is 6.03 Å². The lowest BCUT2D eigenvalue weighted by molar-refractivity contribution is 0.171. The van der Waals surface area contributed by atoms with E-state index in [4.69, 9.17) is 14.2 Å². The van der Waals surface area contributed by atoms with Crippen molar-refractivity contribution in [2.24, 2.45) is 0 Å². The highest BCUT2D eigenvalue weighted by Crippen LogP contribution is 2.32. The third-order valence-corrected chi connectivity index (χ3v) is 4.31. The molecule has 2 amide bonds. The molecule has 0 saturated carbocycles. The van der Waals surface area contributed by atoms with Crippen molar-refractivity contribution in [3.05, 3.63) is 53.6 Å². The van der Waals surface area contributed by atoms with E-state index in [-0.39, 0.29) is 12.1 Å². The summed E-state index contributed by atoms with van der Waals surface area (Å²) in [4.78, 5) is 14.1. The third-order valence-electron chi connectivity index (χ3n) is 4.31. The summed E-state index contributed by atoms with van der Waals surface area (Å²) in [7, 11) is 3.40. The fourth-order valence-corrected chi connectivity index (χ4v) is 2.82. The fraction of sp³-hybridized carbons (Fsp3) is 0.350. The van der Waals surface area contributed by atoms with Crippen molar-refractivity contribution in [3.8, 4) is 17.2 Å². The van der Waals surface area contributed by atoms with E-state index in [0.29, 0.717) is 19.8 Å². The first kappa shape index (κ1) is 17.9. The van der Waals surface area contributed by atoms with Crippen LogP contribution in [0.4, 0.5) is 4.79 Å². The van der Waals surface area contributed by atoms with E-state index in [9.17, 15) is 4.79 Å². The Morgan fingerprint density at radius 3 is 2.73 bits per heavy atom. The van der Waals surface area contributed by atoms with E-state index in [1.54, 1.807) is 19.1 Å². The molecule has 138 valence electrons. The maximum atomic E-state index is 12.5. The topological polar surface area (TPSA) is 60.0 Å². The molecule has 0 saturated heterocycles. The molecule has 0 aliphatic carbocycles. The molecule has 0 bridgehead atoms. The summed E-state index contributed by atoms with van der Waals surface area (Å²) in [6.45, 7) is 3.55. The van der Waals surface area contributed by atoms with Crippen molar-refractivity contribution in [3.63, 3.8) is 0 Å². The zero-order valence-corrected chi connectivity index (χ0v) is 15.3. The highest BCUT2D eigenvalue weighted by atomic mass is 16.6. The van der Waals surface area contributed by atoms with Crippen LogP contribution < -0.4 is 19.5 Å². The number of ether oxygens (including phenoxy) is 3. The first-order valence-electron chi connectivity index (χ1n) is 8.61. The zero-order chi connectivity index (χ0) is 18.5. The summed E-state index contributed by atoms with van der Waals surface area (Å²) in [6.07, 6.45) is 0. The van der Waals surface area contributed by atoms with Gasteiger partial charge in [0.1, 0.15) is 19.0 Å². The second-order valence-electron chi connectivity index (χ2n) is 6.28. The number of carbonyl (C=O) groups is 1. The fourth-order valence-electron chi connectivity index (χ4n) is 2.82. The van der Waals surface area contributed by atoms with E-state index in [0.717, 1.165) is 28.4 Å². The quantitative estimate of drug-likeness (QED) is 0.892. The minimum absolute atomic E-state index is 0.143. The number of hydrogen-bond acceptors (Lipinski definition) is 4. The average molecular weight is 356 g/mol. The molecule has 1 unspecified atom stereocenters. The maximum absolute atomic E-state index is 12.5. The van der Waals surface area contributed by atoms with E-state index in [2.05, 4.69) is 5.32 Å². The number of hydrogen-bond donors (Lipinski definition) is 1. The van der Waals surface area contributed by atoms with Crippen LogP contribution in [0.3, 0.4) is 0 Å². The van der Waals surface area contributed by atoms with Gasteiger partial charge in [0.25, 0.3) is 0 Å². The molecule has 26 heavy (non-hydrogen) atoms. The van der Waals surface area contributed by atoms with Gasteiger partial charge in [0.05, 0.1) is 13.2 Å². The van der Waals surface area contributed by atoms with Gasteiger partial charge in [-0.25, -0.2) is 4.79 Å². The molecular formula is C20H24N2O4. The van der Waals surface area contributed by atoms with E-state index < -0.39 is 0 Å². The number of carbonyl (C=O) groups excluding carboxylic acids is 1. The first-order chi connectivity index (χ1) is 12.6. The number of benzene rings is 2. The van der Waals surface area contributed by atoms with Crippen LogP contribution in [0.2, 0.25) is 0 Å². The second kappa shape index (κ2) is 7.99. The Hall–Kier alpha value is -2.89. The Labute approximate surface area is 153 Å². The molecule has 1 N–H and O–H groups in total. The van der Waals surface area contributed by atoms with Gasteiger partial charge in [0.2, 0.25) is 0 Å². The number of fused-ring (bicyclic) bond motifs is 1. The van der Waals surface area contributed by atoms with Gasteiger partial charge in [-0.05, 0) is 42.3 Å². The lowest BCUT2D eigenvalue weighted by Gasteiger charge is -2.23. The van der Waals surface area contributed by atoms with E-state index in [1.165, 1.54) is 0 Å². The summed E-state index contributed by atoms with van der Waals surface area (Å²) in [5.74, 6) is 2.24. The molecule has 0 radical (unpaired) electrons. The Morgan fingerprint density at radius 1 is 1.19 bits per heavy atom. The predicted molar refractivity (Wildman–Crippen MR) is 98.8 cm³/mol. The van der Waals surface area contributed by atoms with Gasteiger partial charge in [-0.1, -0.05) is 18.2 Å². The third kappa shape index (κ3) is 4.20. The van der Waals surface area contributed by atoms with Crippen LogP contribution in [0.15, 0.2) is 42.5 Å². The Balaban J connectivity index is 1.61. The molecule has 0 aromatic heterocycles. The molecule has 1 aliphatic heterocycles. The van der Waals surface area contributed by atoms with Gasteiger partial charge < -0.3 is 24.4 Å². The Morgan fingerprint density at radius 2 is 1.96 bits per heavy atom. The smallest absolute Gasteiger partial charge is 0.317 e. The van der Waals surface area contributed by atoms with E-state index in [1.807, 2.05) is 49.4 Å². The van der Waals surface area contributed by atoms with Crippen LogP contribution in [0.25, 0.3) is 0 Å². The minimum Gasteiger partial charge on any atom is -0.497 e. The molecular weight excluding hydrogens is 332 g/mol. The minimum atomic E-state index is -0.147. The van der Waals surface area contributed by atoms with Gasteiger partial charge in [-0.3, -0.25) is 0 Å². The Bertz CT molecular complexity index is 778. The van der Waals surface area contributed by atoms with Crippen molar-refractivity contribution < 1.29 is 19.0 Å². The van der Waals surface area contributed by atoms with Crippen molar-refractivity contribution in [2.75, 3.05) is 27.4 Å². The van der Waals surface area contributed by atoms with Crippen LogP contribution in [0, 0.1) is 0 Å². The molecule has 0 fully saturated rings. The SMILES string of the molecule is COc1cccc(CN(C)C(=O)NC(C)c2ccc3c(c2)OCCO3)c1. The van der Waals surface area contributed by atoms with Crippen LogP contribution >= 0.6 is 0 Å². The molecule has 2 aromatic carbocycles. The molecule has 6 heteroatoms. The summed E-state index contributed by atoms with van der Waals surface area (Å²) < 4.78 is 16.4. The monoisotopic (exact) mass is 356 g/mol. The second-order valence-corrected chi connectivity index (χ2v) is 6.28. The number of nitrogens with zero attached hydrogens (tertiary/aromatic N) is 1. The van der Waals surface area contributed by atoms with Crippen LogP contribution in [0.1, 0.15) is 24.1 Å². The van der Waals surface area contributed by atoms with Crippen molar-refractivity contribution in [1.29, 1.82) is 0 Å². The van der Waals surface area contributed by atoms with Crippen molar-refractivity contribution in [1.82, 2.24) is 10.2 Å². The van der Waals surface area contributed by atoms with Gasteiger partial charge in [-0.2, -0.15) is 0 Å². The van der Waals surface area contributed by atoms with Gasteiger partial charge in [-0.15, -0.1) is 0 Å². The molecule has 1 atom stereocenters. The number of nitrogens with one attached hydrogen (secondary N) is 1. The number of methoxy groups -OCH3 is 1. The summed E-state index contributed by atoms with van der Waals surface area (Å²) in [5, 5.41) is 3.01. The summed E-state index contributed by atoms with van der Waals surface area (Å²) in [6, 6.07) is 13.1. The molecule has 6 nitrogen and oxygen atoms in total. The largest absolute Gasteiger partial charge is 0.497 e. The molecule has 1 aliphatic rings. The van der Waals surface area contributed by atoms with Crippen LogP contribution in [0.5, 0.6) is 17.2 Å². The highest BCUT2D eigenvalue weighted by Gasteiger charge is 2.17. The maximum Gasteiger partial charge on any atom is 0.317 e. The number of rotatable bonds is 5. The van der Waals surface area contributed by atoms with Gasteiger partial charge in [0.15, 0.2) is 11.5 Å². The molecule has 2 aromatic rings. The molecule has 0 spiro atoms. The summed E-state index contributed by atoms with van der Waals surface area (Å²) in [5.41, 5.74) is 1.98. The van der Waals surface area contributed by atoms with Gasteiger partial charge in [0, 0.05) is 13.6 Å². The van der Waals surface area contributed by atoms with E-state index >= 15 is 0 Å². The van der Waals surface area contributed by atoms with Crippen LogP contribution in [-0.4, -0.2) is 38.3 Å². The average Bonchev–Trinajstić information content (AvgIpc) is 2.67. The lowest BCUT2D eigenvalue weighted by Crippen LogP contribution is -2.38. The highest BCUT2D eigenvalue weighted by molar-refractivity contribution is 5.74. The van der Waals surface area contributed by atoms with Crippen LogP contribution in [-0.2, 0) is 6.54 Å². The Kier molecular flexibility index (Phi) is 5.51. The number of urea groups is 1.